The zero-order valence-corrected chi connectivity index (χ0v) is 10.4. The predicted molar refractivity (Wildman–Crippen MR) is 62.5 cm³/mol. The van der Waals surface area contributed by atoms with Crippen molar-refractivity contribution in [2.45, 2.75) is 33.2 Å². The first-order valence-electron chi connectivity index (χ1n) is 5.91. The first kappa shape index (κ1) is 12.0. The fourth-order valence-electron chi connectivity index (χ4n) is 2.27. The Kier molecular flexibility index (Phi) is 4.39. The Balaban J connectivity index is 2.33. The van der Waals surface area contributed by atoms with E-state index in [2.05, 4.69) is 38.0 Å². The van der Waals surface area contributed by atoms with Crippen LogP contribution in [0.2, 0.25) is 0 Å². The Bertz CT molecular complexity index is 168. The summed E-state index contributed by atoms with van der Waals surface area (Å²) in [5.74, 6) is 2.68. The van der Waals surface area contributed by atoms with E-state index >= 15 is 0 Å². The zero-order valence-electron chi connectivity index (χ0n) is 10.4. The number of rotatable bonds is 6. The van der Waals surface area contributed by atoms with Crippen molar-refractivity contribution in [3.8, 4) is 0 Å². The van der Waals surface area contributed by atoms with E-state index in [-0.39, 0.29) is 0 Å². The Morgan fingerprint density at radius 3 is 2.36 bits per heavy atom. The van der Waals surface area contributed by atoms with Crippen molar-refractivity contribution in [2.24, 2.45) is 17.8 Å². The molecule has 1 N–H and O–H groups in total. The maximum Gasteiger partial charge on any atom is 0.0240 e. The summed E-state index contributed by atoms with van der Waals surface area (Å²) in [4.78, 5) is 2.54. The summed E-state index contributed by atoms with van der Waals surface area (Å²) in [5, 5.41) is 3.29. The lowest BCUT2D eigenvalue weighted by Crippen LogP contribution is -2.43. The van der Waals surface area contributed by atoms with Gasteiger partial charge in [0.1, 0.15) is 0 Å². The van der Waals surface area contributed by atoms with Gasteiger partial charge in [0.15, 0.2) is 0 Å². The van der Waals surface area contributed by atoms with Crippen molar-refractivity contribution in [2.75, 3.05) is 27.2 Å². The molecule has 0 amide bonds. The molecule has 0 radical (unpaired) electrons. The zero-order chi connectivity index (χ0) is 10.7. The second-order valence-corrected chi connectivity index (χ2v) is 5.28. The molecule has 1 aliphatic rings. The Hall–Kier alpha value is -0.0800. The lowest BCUT2D eigenvalue weighted by atomic mass is 10.0. The third-order valence-electron chi connectivity index (χ3n) is 3.55. The number of likely N-dealkylation sites (N-methyl/N-ethyl adjacent to an activating group) is 2. The number of nitrogens with zero attached hydrogens (tertiary/aromatic N) is 1. The molecule has 2 nitrogen and oxygen atoms in total. The minimum absolute atomic E-state index is 0.688. The van der Waals surface area contributed by atoms with E-state index in [9.17, 15) is 0 Å². The molecule has 3 atom stereocenters. The molecular weight excluding hydrogens is 172 g/mol. The standard InChI is InChI=1S/C12H26N2/c1-9(2)12(7-13-4)14(5)8-11-6-10(11)3/h9-13H,6-8H2,1-5H3. The highest BCUT2D eigenvalue weighted by molar-refractivity contribution is 4.87. The van der Waals surface area contributed by atoms with E-state index in [1.807, 2.05) is 7.05 Å². The highest BCUT2D eigenvalue weighted by Crippen LogP contribution is 2.38. The van der Waals surface area contributed by atoms with Crippen LogP contribution in [0.5, 0.6) is 0 Å². The third kappa shape index (κ3) is 3.25. The predicted octanol–water partition coefficient (Wildman–Crippen LogP) is 1.82. The van der Waals surface area contributed by atoms with E-state index in [0.717, 1.165) is 24.3 Å². The van der Waals surface area contributed by atoms with E-state index in [1.54, 1.807) is 0 Å². The molecule has 0 bridgehead atoms. The quantitative estimate of drug-likeness (QED) is 0.700. The Morgan fingerprint density at radius 1 is 1.43 bits per heavy atom. The van der Waals surface area contributed by atoms with Gasteiger partial charge in [-0.1, -0.05) is 20.8 Å². The van der Waals surface area contributed by atoms with Crippen molar-refractivity contribution < 1.29 is 0 Å². The summed E-state index contributed by atoms with van der Waals surface area (Å²) in [6.07, 6.45) is 1.44. The summed E-state index contributed by atoms with van der Waals surface area (Å²) in [7, 11) is 4.32. The van der Waals surface area contributed by atoms with Crippen molar-refractivity contribution in [3.63, 3.8) is 0 Å². The molecule has 0 saturated heterocycles. The van der Waals surface area contributed by atoms with Crippen LogP contribution in [0.1, 0.15) is 27.2 Å². The Labute approximate surface area is 89.1 Å². The van der Waals surface area contributed by atoms with Gasteiger partial charge >= 0.3 is 0 Å². The van der Waals surface area contributed by atoms with Crippen molar-refractivity contribution in [1.82, 2.24) is 10.2 Å². The van der Waals surface area contributed by atoms with Crippen LogP contribution in [-0.4, -0.2) is 38.1 Å². The van der Waals surface area contributed by atoms with Crippen LogP contribution in [0.4, 0.5) is 0 Å². The summed E-state index contributed by atoms with van der Waals surface area (Å²) >= 11 is 0. The average molecular weight is 198 g/mol. The molecular formula is C12H26N2. The molecule has 2 heteroatoms. The van der Waals surface area contributed by atoms with Crippen LogP contribution < -0.4 is 5.32 Å². The molecule has 0 aromatic rings. The summed E-state index contributed by atoms with van der Waals surface area (Å²) < 4.78 is 0. The van der Waals surface area contributed by atoms with Gasteiger partial charge in [0.2, 0.25) is 0 Å². The summed E-state index contributed by atoms with van der Waals surface area (Å²) in [6, 6.07) is 0.688. The Morgan fingerprint density at radius 2 is 2.00 bits per heavy atom. The van der Waals surface area contributed by atoms with E-state index < -0.39 is 0 Å². The highest BCUT2D eigenvalue weighted by atomic mass is 15.2. The number of hydrogen-bond donors (Lipinski definition) is 1. The first-order valence-corrected chi connectivity index (χ1v) is 5.91. The first-order chi connectivity index (χ1) is 6.56. The van der Waals surface area contributed by atoms with Gasteiger partial charge < -0.3 is 10.2 Å². The molecule has 84 valence electrons. The maximum absolute atomic E-state index is 3.29. The van der Waals surface area contributed by atoms with Gasteiger partial charge in [-0.2, -0.15) is 0 Å². The molecule has 3 unspecified atom stereocenters. The van der Waals surface area contributed by atoms with Crippen molar-refractivity contribution in [3.05, 3.63) is 0 Å². The number of nitrogens with one attached hydrogen (secondary N) is 1. The maximum atomic E-state index is 3.29. The number of hydrogen-bond acceptors (Lipinski definition) is 2. The van der Waals surface area contributed by atoms with Crippen LogP contribution >= 0.6 is 0 Å². The lowest BCUT2D eigenvalue weighted by Gasteiger charge is -2.31. The molecule has 1 saturated carbocycles. The van der Waals surface area contributed by atoms with Crippen LogP contribution in [0.3, 0.4) is 0 Å². The van der Waals surface area contributed by atoms with Crippen molar-refractivity contribution >= 4 is 0 Å². The lowest BCUT2D eigenvalue weighted by molar-refractivity contribution is 0.181. The largest absolute Gasteiger partial charge is 0.318 e. The summed E-state index contributed by atoms with van der Waals surface area (Å²) in [5.41, 5.74) is 0. The van der Waals surface area contributed by atoms with E-state index in [0.29, 0.717) is 6.04 Å². The van der Waals surface area contributed by atoms with Gasteiger partial charge in [0.05, 0.1) is 0 Å². The van der Waals surface area contributed by atoms with Crippen molar-refractivity contribution in [1.29, 1.82) is 0 Å². The SMILES string of the molecule is CNCC(C(C)C)N(C)CC1CC1C. The van der Waals surface area contributed by atoms with Gasteiger partial charge in [-0.15, -0.1) is 0 Å². The fourth-order valence-corrected chi connectivity index (χ4v) is 2.27. The molecule has 0 aromatic heterocycles. The molecule has 1 rings (SSSR count). The minimum atomic E-state index is 0.688. The molecule has 0 heterocycles. The molecule has 0 aliphatic heterocycles. The third-order valence-corrected chi connectivity index (χ3v) is 3.55. The monoisotopic (exact) mass is 198 g/mol. The molecule has 1 aliphatic carbocycles. The molecule has 14 heavy (non-hydrogen) atoms. The van der Waals surface area contributed by atoms with Gasteiger partial charge in [-0.3, -0.25) is 0 Å². The summed E-state index contributed by atoms with van der Waals surface area (Å²) in [6.45, 7) is 9.38. The van der Waals surface area contributed by atoms with E-state index in [4.69, 9.17) is 0 Å². The van der Waals surface area contributed by atoms with Crippen LogP contribution in [0.15, 0.2) is 0 Å². The smallest absolute Gasteiger partial charge is 0.0240 e. The van der Waals surface area contributed by atoms with Crippen LogP contribution in [0, 0.1) is 17.8 Å². The topological polar surface area (TPSA) is 15.3 Å². The van der Waals surface area contributed by atoms with Gasteiger partial charge in [0, 0.05) is 19.1 Å². The van der Waals surface area contributed by atoms with Crippen LogP contribution in [-0.2, 0) is 0 Å². The fraction of sp³-hybridized carbons (Fsp3) is 1.00. The van der Waals surface area contributed by atoms with Gasteiger partial charge in [-0.25, -0.2) is 0 Å². The van der Waals surface area contributed by atoms with Crippen LogP contribution in [0.25, 0.3) is 0 Å². The van der Waals surface area contributed by atoms with E-state index in [1.165, 1.54) is 13.0 Å². The second kappa shape index (κ2) is 5.13. The van der Waals surface area contributed by atoms with Gasteiger partial charge in [-0.05, 0) is 38.3 Å². The molecule has 1 fully saturated rings. The average Bonchev–Trinajstić information content (AvgIpc) is 2.76. The molecule has 0 aromatic carbocycles. The van der Waals surface area contributed by atoms with Gasteiger partial charge in [0.25, 0.3) is 0 Å². The highest BCUT2D eigenvalue weighted by Gasteiger charge is 2.34. The molecule has 0 spiro atoms. The normalized spacial score (nSPS) is 28.5. The second-order valence-electron chi connectivity index (χ2n) is 5.28. The minimum Gasteiger partial charge on any atom is -0.318 e.